The maximum Gasteiger partial charge on any atom is 0.170 e. The van der Waals surface area contributed by atoms with Crippen LogP contribution in [0.3, 0.4) is 0 Å². The van der Waals surface area contributed by atoms with Crippen LogP contribution in [0.4, 0.5) is 0 Å². The Kier molecular flexibility index (Phi) is 4.19. The molecule has 1 aromatic carbocycles. The number of aromatic nitrogens is 4. The monoisotopic (exact) mass is 349 g/mol. The standard InChI is InChI=1S/C13H12BrN5S/c14-10-6-12(20-9-10)7-15-8-13-16-17-18-19(13)11-4-2-1-3-5-11/h1-6,9,15H,7-8H2. The van der Waals surface area contributed by atoms with Crippen LogP contribution in [0, 0.1) is 0 Å². The molecule has 0 aliphatic rings. The summed E-state index contributed by atoms with van der Waals surface area (Å²) in [6.45, 7) is 1.43. The minimum absolute atomic E-state index is 0.622. The third kappa shape index (κ3) is 3.12. The van der Waals surface area contributed by atoms with E-state index in [9.17, 15) is 0 Å². The lowest BCUT2D eigenvalue weighted by atomic mass is 10.3. The summed E-state index contributed by atoms with van der Waals surface area (Å²) in [5.41, 5.74) is 0.966. The maximum absolute atomic E-state index is 4.06. The molecule has 0 fully saturated rings. The van der Waals surface area contributed by atoms with Gasteiger partial charge in [-0.15, -0.1) is 16.4 Å². The minimum Gasteiger partial charge on any atom is -0.305 e. The van der Waals surface area contributed by atoms with Gasteiger partial charge in [-0.25, -0.2) is 0 Å². The summed E-state index contributed by atoms with van der Waals surface area (Å²) in [5.74, 6) is 0.798. The van der Waals surface area contributed by atoms with Gasteiger partial charge >= 0.3 is 0 Å². The van der Waals surface area contributed by atoms with E-state index in [0.717, 1.165) is 22.5 Å². The molecule has 1 N–H and O–H groups in total. The predicted octanol–water partition coefficient (Wildman–Crippen LogP) is 2.78. The van der Waals surface area contributed by atoms with Crippen molar-refractivity contribution in [3.05, 3.63) is 57.0 Å². The minimum atomic E-state index is 0.622. The number of tetrazole rings is 1. The van der Waals surface area contributed by atoms with Gasteiger partial charge in [0.1, 0.15) is 0 Å². The van der Waals surface area contributed by atoms with Gasteiger partial charge in [-0.3, -0.25) is 0 Å². The van der Waals surface area contributed by atoms with Crippen LogP contribution in [0.5, 0.6) is 0 Å². The third-order valence-electron chi connectivity index (χ3n) is 2.74. The fourth-order valence-corrected chi connectivity index (χ4v) is 3.25. The molecule has 0 spiro atoms. The Morgan fingerprint density at radius 2 is 2.05 bits per heavy atom. The Labute approximate surface area is 128 Å². The summed E-state index contributed by atoms with van der Waals surface area (Å²) in [4.78, 5) is 1.27. The molecule has 2 heterocycles. The third-order valence-corrected chi connectivity index (χ3v) is 4.44. The zero-order valence-corrected chi connectivity index (χ0v) is 12.9. The van der Waals surface area contributed by atoms with E-state index in [4.69, 9.17) is 0 Å². The molecule has 0 unspecified atom stereocenters. The smallest absolute Gasteiger partial charge is 0.170 e. The first-order valence-electron chi connectivity index (χ1n) is 6.09. The largest absolute Gasteiger partial charge is 0.305 e. The highest BCUT2D eigenvalue weighted by atomic mass is 79.9. The van der Waals surface area contributed by atoms with Gasteiger partial charge in [0.2, 0.25) is 0 Å². The number of thiophene rings is 1. The van der Waals surface area contributed by atoms with Crippen molar-refractivity contribution >= 4 is 27.3 Å². The van der Waals surface area contributed by atoms with Gasteiger partial charge in [0, 0.05) is 21.3 Å². The van der Waals surface area contributed by atoms with Crippen molar-refractivity contribution in [2.45, 2.75) is 13.1 Å². The van der Waals surface area contributed by atoms with Gasteiger partial charge in [0.25, 0.3) is 0 Å². The molecular weight excluding hydrogens is 338 g/mol. The van der Waals surface area contributed by atoms with E-state index < -0.39 is 0 Å². The fraction of sp³-hybridized carbons (Fsp3) is 0.154. The maximum atomic E-state index is 4.06. The van der Waals surface area contributed by atoms with Crippen LogP contribution in [0.2, 0.25) is 0 Å². The van der Waals surface area contributed by atoms with Crippen LogP contribution in [0.1, 0.15) is 10.7 Å². The molecule has 3 rings (SSSR count). The lowest BCUT2D eigenvalue weighted by Crippen LogP contribution is -2.16. The first kappa shape index (κ1) is 13.4. The number of hydrogen-bond donors (Lipinski definition) is 1. The van der Waals surface area contributed by atoms with Gasteiger partial charge in [0.05, 0.1) is 12.2 Å². The van der Waals surface area contributed by atoms with Crippen LogP contribution in [-0.4, -0.2) is 20.2 Å². The molecule has 7 heteroatoms. The Hall–Kier alpha value is -1.57. The highest BCUT2D eigenvalue weighted by Crippen LogP contribution is 2.19. The second kappa shape index (κ2) is 6.25. The summed E-state index contributed by atoms with van der Waals surface area (Å²) in [7, 11) is 0. The zero-order chi connectivity index (χ0) is 13.8. The lowest BCUT2D eigenvalue weighted by molar-refractivity contribution is 0.646. The van der Waals surface area contributed by atoms with E-state index in [2.05, 4.69) is 48.2 Å². The SMILES string of the molecule is Brc1csc(CNCc2nnnn2-c2ccccc2)c1. The summed E-state index contributed by atoms with van der Waals surface area (Å²) >= 11 is 5.17. The average Bonchev–Trinajstić information content (AvgIpc) is 3.09. The molecule has 102 valence electrons. The number of benzene rings is 1. The van der Waals surface area contributed by atoms with E-state index in [1.165, 1.54) is 4.88 Å². The van der Waals surface area contributed by atoms with Crippen molar-refractivity contribution in [2.24, 2.45) is 0 Å². The lowest BCUT2D eigenvalue weighted by Gasteiger charge is -2.05. The highest BCUT2D eigenvalue weighted by molar-refractivity contribution is 9.10. The van der Waals surface area contributed by atoms with E-state index >= 15 is 0 Å². The second-order valence-corrected chi connectivity index (χ2v) is 6.09. The molecule has 0 aliphatic carbocycles. The number of para-hydroxylation sites is 1. The van der Waals surface area contributed by atoms with Crippen LogP contribution in [0.25, 0.3) is 5.69 Å². The molecule has 0 bridgehead atoms. The Morgan fingerprint density at radius 3 is 2.80 bits per heavy atom. The zero-order valence-electron chi connectivity index (χ0n) is 10.5. The topological polar surface area (TPSA) is 55.6 Å². The fourth-order valence-electron chi connectivity index (χ4n) is 1.83. The Morgan fingerprint density at radius 1 is 1.20 bits per heavy atom. The van der Waals surface area contributed by atoms with Crippen molar-refractivity contribution in [2.75, 3.05) is 0 Å². The number of halogens is 1. The normalized spacial score (nSPS) is 10.8. The van der Waals surface area contributed by atoms with Gasteiger partial charge in [-0.05, 0) is 44.6 Å². The Balaban J connectivity index is 1.65. The van der Waals surface area contributed by atoms with Crippen molar-refractivity contribution in [1.29, 1.82) is 0 Å². The molecule has 0 saturated carbocycles. The number of rotatable bonds is 5. The van der Waals surface area contributed by atoms with Crippen molar-refractivity contribution in [1.82, 2.24) is 25.5 Å². The molecule has 0 aliphatic heterocycles. The average molecular weight is 350 g/mol. The van der Waals surface area contributed by atoms with E-state index in [1.807, 2.05) is 30.3 Å². The van der Waals surface area contributed by atoms with E-state index in [0.29, 0.717) is 6.54 Å². The number of hydrogen-bond acceptors (Lipinski definition) is 5. The molecular formula is C13H12BrN5S. The van der Waals surface area contributed by atoms with Gasteiger partial charge in [-0.2, -0.15) is 4.68 Å². The van der Waals surface area contributed by atoms with Crippen LogP contribution >= 0.6 is 27.3 Å². The predicted molar refractivity (Wildman–Crippen MR) is 81.7 cm³/mol. The summed E-state index contributed by atoms with van der Waals surface area (Å²) in [6.07, 6.45) is 0. The number of nitrogens with zero attached hydrogens (tertiary/aromatic N) is 4. The van der Waals surface area contributed by atoms with Gasteiger partial charge in [-0.1, -0.05) is 18.2 Å². The molecule has 2 aromatic heterocycles. The summed E-state index contributed by atoms with van der Waals surface area (Å²) in [6, 6.07) is 12.0. The first-order valence-corrected chi connectivity index (χ1v) is 7.76. The van der Waals surface area contributed by atoms with Crippen molar-refractivity contribution in [3.8, 4) is 5.69 Å². The molecule has 3 aromatic rings. The quantitative estimate of drug-likeness (QED) is 0.769. The highest BCUT2D eigenvalue weighted by Gasteiger charge is 2.07. The van der Waals surface area contributed by atoms with Gasteiger partial charge in [0.15, 0.2) is 5.82 Å². The molecule has 20 heavy (non-hydrogen) atoms. The van der Waals surface area contributed by atoms with E-state index in [1.54, 1.807) is 16.0 Å². The molecule has 0 radical (unpaired) electrons. The molecule has 5 nitrogen and oxygen atoms in total. The van der Waals surface area contributed by atoms with E-state index in [-0.39, 0.29) is 0 Å². The van der Waals surface area contributed by atoms with Crippen molar-refractivity contribution in [3.63, 3.8) is 0 Å². The molecule has 0 atom stereocenters. The van der Waals surface area contributed by atoms with Crippen LogP contribution in [0.15, 0.2) is 46.3 Å². The summed E-state index contributed by atoms with van der Waals surface area (Å²) in [5, 5.41) is 17.3. The summed E-state index contributed by atoms with van der Waals surface area (Å²) < 4.78 is 2.87. The van der Waals surface area contributed by atoms with Crippen molar-refractivity contribution < 1.29 is 0 Å². The second-order valence-electron chi connectivity index (χ2n) is 4.18. The first-order chi connectivity index (χ1) is 9.83. The van der Waals surface area contributed by atoms with Crippen LogP contribution in [-0.2, 0) is 13.1 Å². The Bertz CT molecular complexity index is 679. The molecule has 0 saturated heterocycles. The van der Waals surface area contributed by atoms with Gasteiger partial charge < -0.3 is 5.32 Å². The number of nitrogens with one attached hydrogen (secondary N) is 1. The molecule has 0 amide bonds. The van der Waals surface area contributed by atoms with Crippen LogP contribution < -0.4 is 5.32 Å².